The minimum atomic E-state index is -0.309. The first kappa shape index (κ1) is 20.3. The molecule has 0 aliphatic heterocycles. The van der Waals surface area contributed by atoms with E-state index in [2.05, 4.69) is 16.0 Å². The van der Waals surface area contributed by atoms with Crippen LogP contribution in [0.4, 0.5) is 11.4 Å². The lowest BCUT2D eigenvalue weighted by molar-refractivity contribution is -0.116. The normalized spacial score (nSPS) is 10.4. The fourth-order valence-electron chi connectivity index (χ4n) is 2.25. The van der Waals surface area contributed by atoms with E-state index >= 15 is 0 Å². The first-order valence-corrected chi connectivity index (χ1v) is 9.13. The molecule has 140 valence electrons. The molecule has 3 N–H and O–H groups in total. The summed E-state index contributed by atoms with van der Waals surface area (Å²) in [6, 6.07) is 15.0. The molecule has 0 atom stereocenters. The predicted octanol–water partition coefficient (Wildman–Crippen LogP) is 4.26. The van der Waals surface area contributed by atoms with Gasteiger partial charge in [0.1, 0.15) is 0 Å². The number of carbonyl (C=O) groups is 2. The van der Waals surface area contributed by atoms with Gasteiger partial charge in [0.25, 0.3) is 0 Å². The van der Waals surface area contributed by atoms with Gasteiger partial charge in [-0.15, -0.1) is 0 Å². The molecule has 0 saturated carbocycles. The predicted molar refractivity (Wildman–Crippen MR) is 115 cm³/mol. The van der Waals surface area contributed by atoms with E-state index in [0.29, 0.717) is 6.42 Å². The Morgan fingerprint density at radius 1 is 0.963 bits per heavy atom. The highest BCUT2D eigenvalue weighted by molar-refractivity contribution is 7.80. The fraction of sp³-hybridized carbons (Fsp3) is 0.190. The summed E-state index contributed by atoms with van der Waals surface area (Å²) < 4.78 is 0. The van der Waals surface area contributed by atoms with Gasteiger partial charge < -0.3 is 10.6 Å². The highest BCUT2D eigenvalue weighted by atomic mass is 32.1. The number of aryl methyl sites for hydroxylation is 1. The van der Waals surface area contributed by atoms with Crippen LogP contribution in [-0.4, -0.2) is 16.9 Å². The monoisotopic (exact) mass is 381 g/mol. The minimum absolute atomic E-state index is 0.0126. The van der Waals surface area contributed by atoms with Crippen molar-refractivity contribution in [3.63, 3.8) is 0 Å². The molecule has 2 rings (SSSR count). The van der Waals surface area contributed by atoms with E-state index in [1.807, 2.05) is 38.1 Å². The number of thiocarbonyl (C=S) groups is 1. The number of rotatable bonds is 6. The molecule has 27 heavy (non-hydrogen) atoms. The molecule has 0 fully saturated rings. The van der Waals surface area contributed by atoms with Gasteiger partial charge in [0.15, 0.2) is 5.11 Å². The van der Waals surface area contributed by atoms with Gasteiger partial charge in [-0.1, -0.05) is 36.8 Å². The lowest BCUT2D eigenvalue weighted by atomic mass is 10.1. The van der Waals surface area contributed by atoms with E-state index in [9.17, 15) is 9.59 Å². The lowest BCUT2D eigenvalue weighted by Gasteiger charge is -2.09. The van der Waals surface area contributed by atoms with Crippen molar-refractivity contribution in [2.75, 3.05) is 10.6 Å². The molecule has 0 saturated heterocycles. The maximum Gasteiger partial charge on any atom is 0.250 e. The Morgan fingerprint density at radius 3 is 2.15 bits per heavy atom. The van der Waals surface area contributed by atoms with Crippen molar-refractivity contribution in [3.05, 3.63) is 65.7 Å². The van der Waals surface area contributed by atoms with E-state index < -0.39 is 0 Å². The molecule has 0 bridgehead atoms. The van der Waals surface area contributed by atoms with Gasteiger partial charge in [-0.2, -0.15) is 0 Å². The van der Waals surface area contributed by atoms with Crippen LogP contribution < -0.4 is 16.0 Å². The number of anilines is 2. The lowest BCUT2D eigenvalue weighted by Crippen LogP contribution is -2.32. The topological polar surface area (TPSA) is 70.2 Å². The third kappa shape index (κ3) is 7.42. The van der Waals surface area contributed by atoms with Crippen LogP contribution in [0.3, 0.4) is 0 Å². The Labute approximate surface area is 164 Å². The Bertz CT molecular complexity index is 828. The van der Waals surface area contributed by atoms with Crippen LogP contribution >= 0.6 is 12.2 Å². The summed E-state index contributed by atoms with van der Waals surface area (Å²) in [5.74, 6) is -0.321. The van der Waals surface area contributed by atoms with E-state index in [4.69, 9.17) is 12.2 Å². The standard InChI is InChI=1S/C21H23N3O2S/c1-3-4-19(25)22-17-10-12-18(13-11-17)23-21(27)24-20(26)14-9-16-7-5-15(2)6-8-16/h5-14H,3-4H2,1-2H3,(H,22,25)(H2,23,24,26,27)/b14-9+. The molecule has 0 radical (unpaired) electrons. The summed E-state index contributed by atoms with van der Waals surface area (Å²) in [5.41, 5.74) is 3.54. The quantitative estimate of drug-likeness (QED) is 0.516. The summed E-state index contributed by atoms with van der Waals surface area (Å²) in [6.45, 7) is 3.97. The van der Waals surface area contributed by atoms with Gasteiger partial charge in [0, 0.05) is 23.9 Å². The molecule has 5 nitrogen and oxygen atoms in total. The largest absolute Gasteiger partial charge is 0.332 e. The Kier molecular flexibility index (Phi) is 7.70. The van der Waals surface area contributed by atoms with Crippen LogP contribution in [0, 0.1) is 6.92 Å². The number of amides is 2. The maximum atomic E-state index is 11.9. The maximum absolute atomic E-state index is 11.9. The van der Waals surface area contributed by atoms with E-state index in [0.717, 1.165) is 28.9 Å². The second-order valence-electron chi connectivity index (χ2n) is 6.06. The van der Waals surface area contributed by atoms with Gasteiger partial charge in [0.2, 0.25) is 11.8 Å². The van der Waals surface area contributed by atoms with Crippen molar-refractivity contribution in [2.24, 2.45) is 0 Å². The zero-order chi connectivity index (χ0) is 19.6. The van der Waals surface area contributed by atoms with Gasteiger partial charge in [-0.05, 0) is 61.5 Å². The molecule has 0 heterocycles. The molecular formula is C21H23N3O2S. The molecular weight excluding hydrogens is 358 g/mol. The molecule has 0 spiro atoms. The van der Waals surface area contributed by atoms with E-state index in [-0.39, 0.29) is 16.9 Å². The minimum Gasteiger partial charge on any atom is -0.332 e. The second-order valence-corrected chi connectivity index (χ2v) is 6.47. The zero-order valence-electron chi connectivity index (χ0n) is 15.4. The second kappa shape index (κ2) is 10.2. The highest BCUT2D eigenvalue weighted by Crippen LogP contribution is 2.14. The zero-order valence-corrected chi connectivity index (χ0v) is 16.2. The smallest absolute Gasteiger partial charge is 0.250 e. The Hall–Kier alpha value is -2.99. The number of nitrogens with one attached hydrogen (secondary N) is 3. The first-order chi connectivity index (χ1) is 13.0. The molecule has 0 aliphatic rings. The Morgan fingerprint density at radius 2 is 1.56 bits per heavy atom. The third-order valence-corrected chi connectivity index (χ3v) is 3.85. The van der Waals surface area contributed by atoms with Crippen molar-refractivity contribution in [1.29, 1.82) is 0 Å². The van der Waals surface area contributed by atoms with Gasteiger partial charge >= 0.3 is 0 Å². The van der Waals surface area contributed by atoms with Gasteiger partial charge in [-0.25, -0.2) is 0 Å². The van der Waals surface area contributed by atoms with Crippen molar-refractivity contribution in [1.82, 2.24) is 5.32 Å². The number of benzene rings is 2. The van der Waals surface area contributed by atoms with Crippen molar-refractivity contribution < 1.29 is 9.59 Å². The molecule has 0 aliphatic carbocycles. The third-order valence-electron chi connectivity index (χ3n) is 3.64. The van der Waals surface area contributed by atoms with Crippen LogP contribution in [0.15, 0.2) is 54.6 Å². The summed E-state index contributed by atoms with van der Waals surface area (Å²) in [6.07, 6.45) is 4.46. The highest BCUT2D eigenvalue weighted by Gasteiger charge is 2.03. The number of carbonyl (C=O) groups excluding carboxylic acids is 2. The summed E-state index contributed by atoms with van der Waals surface area (Å²) >= 11 is 5.15. The van der Waals surface area contributed by atoms with Crippen LogP contribution in [0.1, 0.15) is 30.9 Å². The molecule has 2 aromatic carbocycles. The average molecular weight is 382 g/mol. The summed E-state index contributed by atoms with van der Waals surface area (Å²) in [5, 5.41) is 8.55. The van der Waals surface area contributed by atoms with Crippen LogP contribution in [-0.2, 0) is 9.59 Å². The number of hydrogen-bond acceptors (Lipinski definition) is 3. The fourth-order valence-corrected chi connectivity index (χ4v) is 2.47. The number of hydrogen-bond donors (Lipinski definition) is 3. The van der Waals surface area contributed by atoms with Crippen LogP contribution in [0.25, 0.3) is 6.08 Å². The van der Waals surface area contributed by atoms with Crippen LogP contribution in [0.5, 0.6) is 0 Å². The van der Waals surface area contributed by atoms with E-state index in [1.165, 1.54) is 6.08 Å². The summed E-state index contributed by atoms with van der Waals surface area (Å²) in [4.78, 5) is 23.5. The Balaban J connectivity index is 1.83. The molecule has 6 heteroatoms. The summed E-state index contributed by atoms with van der Waals surface area (Å²) in [7, 11) is 0. The molecule has 0 unspecified atom stereocenters. The first-order valence-electron chi connectivity index (χ1n) is 8.73. The molecule has 2 amide bonds. The van der Waals surface area contributed by atoms with Crippen molar-refractivity contribution in [2.45, 2.75) is 26.7 Å². The van der Waals surface area contributed by atoms with Gasteiger partial charge in [0.05, 0.1) is 0 Å². The SMILES string of the molecule is CCCC(=O)Nc1ccc(NC(=S)NC(=O)/C=C/c2ccc(C)cc2)cc1. The average Bonchev–Trinajstić information content (AvgIpc) is 2.63. The van der Waals surface area contributed by atoms with E-state index in [1.54, 1.807) is 30.3 Å². The van der Waals surface area contributed by atoms with Crippen molar-refractivity contribution >= 4 is 46.6 Å². The molecule has 0 aromatic heterocycles. The molecule has 2 aromatic rings. The van der Waals surface area contributed by atoms with Gasteiger partial charge in [-0.3, -0.25) is 14.9 Å². The van der Waals surface area contributed by atoms with Crippen LogP contribution in [0.2, 0.25) is 0 Å². The van der Waals surface area contributed by atoms with Crippen molar-refractivity contribution in [3.8, 4) is 0 Å².